The summed E-state index contributed by atoms with van der Waals surface area (Å²) in [5.74, 6) is 0.565. The van der Waals surface area contributed by atoms with Crippen LogP contribution in [0.5, 0.6) is 5.75 Å². The normalized spacial score (nSPS) is 19.6. The molecule has 1 amide bonds. The quantitative estimate of drug-likeness (QED) is 0.730. The molecule has 0 aliphatic carbocycles. The summed E-state index contributed by atoms with van der Waals surface area (Å²) in [6.45, 7) is 2.63. The third kappa shape index (κ3) is 3.81. The highest BCUT2D eigenvalue weighted by molar-refractivity contribution is 6.30. The van der Waals surface area contributed by atoms with E-state index < -0.39 is 6.10 Å². The first-order valence-electron chi connectivity index (χ1n) is 9.27. The molecule has 0 radical (unpaired) electrons. The van der Waals surface area contributed by atoms with Gasteiger partial charge in [0.15, 0.2) is 0 Å². The molecule has 2 heterocycles. The molecule has 0 bridgehead atoms. The predicted octanol–water partition coefficient (Wildman–Crippen LogP) is 3.85. The highest BCUT2D eigenvalue weighted by atomic mass is 35.5. The Labute approximate surface area is 168 Å². The SMILES string of the molecule is Cc1cc(C(=O)N2CC[C@@H](Oc3ccc(Cl)cc3)[C@H](O)C2)c2ccccc2n1. The number of rotatable bonds is 3. The van der Waals surface area contributed by atoms with Crippen LogP contribution in [0.2, 0.25) is 5.02 Å². The number of hydrogen-bond acceptors (Lipinski definition) is 4. The molecule has 4 rings (SSSR count). The van der Waals surface area contributed by atoms with E-state index in [9.17, 15) is 9.90 Å². The van der Waals surface area contributed by atoms with Crippen LogP contribution < -0.4 is 4.74 Å². The molecular weight excluding hydrogens is 376 g/mol. The van der Waals surface area contributed by atoms with Gasteiger partial charge in [-0.25, -0.2) is 0 Å². The first-order chi connectivity index (χ1) is 13.5. The maximum absolute atomic E-state index is 13.1. The van der Waals surface area contributed by atoms with E-state index in [4.69, 9.17) is 16.3 Å². The number of fused-ring (bicyclic) bond motifs is 1. The van der Waals surface area contributed by atoms with Crippen molar-refractivity contribution in [2.45, 2.75) is 25.6 Å². The number of carbonyl (C=O) groups is 1. The molecule has 0 saturated carbocycles. The first kappa shape index (κ1) is 18.7. The predicted molar refractivity (Wildman–Crippen MR) is 109 cm³/mol. The number of amides is 1. The number of likely N-dealkylation sites (tertiary alicyclic amines) is 1. The number of β-amino-alcohol motifs (C(OH)–C–C–N with tert-alkyl or cyclic N) is 1. The average Bonchev–Trinajstić information content (AvgIpc) is 2.70. The van der Waals surface area contributed by atoms with Gasteiger partial charge in [-0.3, -0.25) is 9.78 Å². The van der Waals surface area contributed by atoms with Crippen LogP contribution in [0.3, 0.4) is 0 Å². The van der Waals surface area contributed by atoms with E-state index in [0.717, 1.165) is 16.6 Å². The van der Waals surface area contributed by atoms with E-state index in [2.05, 4.69) is 4.98 Å². The molecule has 1 fully saturated rings. The number of pyridine rings is 1. The number of piperidine rings is 1. The number of aliphatic hydroxyl groups is 1. The summed E-state index contributed by atoms with van der Waals surface area (Å²) in [6.07, 6.45) is -0.568. The molecule has 1 aliphatic heterocycles. The number of para-hydroxylation sites is 1. The fourth-order valence-corrected chi connectivity index (χ4v) is 3.70. The smallest absolute Gasteiger partial charge is 0.254 e. The van der Waals surface area contributed by atoms with Gasteiger partial charge in [0.2, 0.25) is 0 Å². The molecule has 1 saturated heterocycles. The van der Waals surface area contributed by atoms with Gasteiger partial charge in [-0.2, -0.15) is 0 Å². The van der Waals surface area contributed by atoms with Crippen molar-refractivity contribution in [3.05, 3.63) is 70.9 Å². The Bertz CT molecular complexity index is 1010. The summed E-state index contributed by atoms with van der Waals surface area (Å²) in [4.78, 5) is 19.3. The molecule has 1 aliphatic rings. The zero-order valence-electron chi connectivity index (χ0n) is 15.5. The molecule has 2 atom stereocenters. The molecule has 5 nitrogen and oxygen atoms in total. The van der Waals surface area contributed by atoms with Gasteiger partial charge >= 0.3 is 0 Å². The zero-order chi connectivity index (χ0) is 19.7. The Balaban J connectivity index is 1.50. The number of carbonyl (C=O) groups excluding carboxylic acids is 1. The van der Waals surface area contributed by atoms with Crippen LogP contribution in [0.1, 0.15) is 22.5 Å². The van der Waals surface area contributed by atoms with E-state index in [1.54, 1.807) is 29.2 Å². The lowest BCUT2D eigenvalue weighted by molar-refractivity contribution is -0.0198. The number of aliphatic hydroxyl groups excluding tert-OH is 1. The number of ether oxygens (including phenoxy) is 1. The third-order valence-corrected chi connectivity index (χ3v) is 5.24. The van der Waals surface area contributed by atoms with Crippen molar-refractivity contribution in [3.8, 4) is 5.75 Å². The Kier molecular flexibility index (Phi) is 5.20. The number of benzene rings is 2. The Morgan fingerprint density at radius 3 is 2.71 bits per heavy atom. The van der Waals surface area contributed by atoms with Gasteiger partial charge in [-0.05, 0) is 43.3 Å². The third-order valence-electron chi connectivity index (χ3n) is 4.98. The van der Waals surface area contributed by atoms with Gasteiger partial charge < -0.3 is 14.7 Å². The average molecular weight is 397 g/mol. The Hall–Kier alpha value is -2.63. The second kappa shape index (κ2) is 7.78. The van der Waals surface area contributed by atoms with E-state index in [0.29, 0.717) is 29.3 Å². The van der Waals surface area contributed by atoms with Crippen molar-refractivity contribution < 1.29 is 14.6 Å². The minimum absolute atomic E-state index is 0.0920. The van der Waals surface area contributed by atoms with E-state index in [-0.39, 0.29) is 18.6 Å². The number of aryl methyl sites for hydroxylation is 1. The van der Waals surface area contributed by atoms with Gasteiger partial charge in [0, 0.05) is 29.1 Å². The summed E-state index contributed by atoms with van der Waals surface area (Å²) in [5, 5.41) is 12.0. The molecule has 1 N–H and O–H groups in total. The van der Waals surface area contributed by atoms with Gasteiger partial charge in [-0.1, -0.05) is 29.8 Å². The van der Waals surface area contributed by atoms with Crippen molar-refractivity contribution in [2.75, 3.05) is 13.1 Å². The monoisotopic (exact) mass is 396 g/mol. The Morgan fingerprint density at radius 1 is 1.21 bits per heavy atom. The van der Waals surface area contributed by atoms with Crippen LogP contribution in [0.15, 0.2) is 54.6 Å². The molecule has 1 aromatic heterocycles. The van der Waals surface area contributed by atoms with Crippen molar-refractivity contribution in [3.63, 3.8) is 0 Å². The second-order valence-corrected chi connectivity index (χ2v) is 7.48. The lowest BCUT2D eigenvalue weighted by Gasteiger charge is -2.36. The molecule has 0 unspecified atom stereocenters. The first-order valence-corrected chi connectivity index (χ1v) is 9.65. The highest BCUT2D eigenvalue weighted by Crippen LogP contribution is 2.24. The summed E-state index contributed by atoms with van der Waals surface area (Å²) >= 11 is 5.89. The summed E-state index contributed by atoms with van der Waals surface area (Å²) < 4.78 is 5.89. The Morgan fingerprint density at radius 2 is 1.96 bits per heavy atom. The molecule has 2 aromatic carbocycles. The lowest BCUT2D eigenvalue weighted by Crippen LogP contribution is -2.51. The van der Waals surface area contributed by atoms with Crippen LogP contribution in [0.25, 0.3) is 10.9 Å². The molecule has 0 spiro atoms. The lowest BCUT2D eigenvalue weighted by atomic mass is 10.0. The summed E-state index contributed by atoms with van der Waals surface area (Å²) in [7, 11) is 0. The molecule has 6 heteroatoms. The number of hydrogen-bond donors (Lipinski definition) is 1. The van der Waals surface area contributed by atoms with Gasteiger partial charge in [-0.15, -0.1) is 0 Å². The maximum Gasteiger partial charge on any atom is 0.254 e. The number of aromatic nitrogens is 1. The molecule has 28 heavy (non-hydrogen) atoms. The highest BCUT2D eigenvalue weighted by Gasteiger charge is 2.32. The van der Waals surface area contributed by atoms with Gasteiger partial charge in [0.05, 0.1) is 17.6 Å². The maximum atomic E-state index is 13.1. The van der Waals surface area contributed by atoms with Gasteiger partial charge in [0.25, 0.3) is 5.91 Å². The van der Waals surface area contributed by atoms with Crippen molar-refractivity contribution >= 4 is 28.4 Å². The number of halogens is 1. The topological polar surface area (TPSA) is 62.7 Å². The van der Waals surface area contributed by atoms with E-state index in [1.807, 2.05) is 37.3 Å². The molecule has 3 aromatic rings. The van der Waals surface area contributed by atoms with Crippen LogP contribution in [-0.2, 0) is 0 Å². The van der Waals surface area contributed by atoms with Crippen molar-refractivity contribution in [2.24, 2.45) is 0 Å². The van der Waals surface area contributed by atoms with E-state index >= 15 is 0 Å². The minimum Gasteiger partial charge on any atom is -0.488 e. The summed E-state index contributed by atoms with van der Waals surface area (Å²) in [6, 6.07) is 16.5. The zero-order valence-corrected chi connectivity index (χ0v) is 16.3. The molecular formula is C22H21ClN2O3. The van der Waals surface area contributed by atoms with Crippen molar-refractivity contribution in [1.29, 1.82) is 0 Å². The van der Waals surface area contributed by atoms with Crippen LogP contribution in [-0.4, -0.2) is 46.2 Å². The van der Waals surface area contributed by atoms with Gasteiger partial charge in [0.1, 0.15) is 18.0 Å². The van der Waals surface area contributed by atoms with Crippen LogP contribution in [0, 0.1) is 6.92 Å². The molecule has 144 valence electrons. The summed E-state index contributed by atoms with van der Waals surface area (Å²) in [5.41, 5.74) is 2.21. The van der Waals surface area contributed by atoms with E-state index in [1.165, 1.54) is 0 Å². The van der Waals surface area contributed by atoms with Crippen molar-refractivity contribution in [1.82, 2.24) is 9.88 Å². The van der Waals surface area contributed by atoms with Crippen LogP contribution in [0.4, 0.5) is 0 Å². The second-order valence-electron chi connectivity index (χ2n) is 7.05. The van der Waals surface area contributed by atoms with Crippen LogP contribution >= 0.6 is 11.6 Å². The largest absolute Gasteiger partial charge is 0.488 e. The fraction of sp³-hybridized carbons (Fsp3) is 0.273. The number of nitrogens with zero attached hydrogens (tertiary/aromatic N) is 2. The fourth-order valence-electron chi connectivity index (χ4n) is 3.58. The standard InChI is InChI=1S/C22H21ClN2O3/c1-14-12-18(17-4-2-3-5-19(17)24-14)22(27)25-11-10-21(20(26)13-25)28-16-8-6-15(23)7-9-16/h2-9,12,20-21,26H,10-11,13H2,1H3/t20-,21-/m1/s1. The minimum atomic E-state index is -0.762.